The van der Waals surface area contributed by atoms with Crippen molar-refractivity contribution in [1.82, 2.24) is 20.4 Å². The van der Waals surface area contributed by atoms with Gasteiger partial charge in [0.1, 0.15) is 0 Å². The van der Waals surface area contributed by atoms with Crippen LogP contribution < -0.4 is 10.6 Å². The van der Waals surface area contributed by atoms with Gasteiger partial charge in [0, 0.05) is 52.4 Å². The van der Waals surface area contributed by atoms with Gasteiger partial charge in [0.15, 0.2) is 5.96 Å². The van der Waals surface area contributed by atoms with Crippen LogP contribution in [-0.4, -0.2) is 88.0 Å². The van der Waals surface area contributed by atoms with Crippen LogP contribution in [0.4, 0.5) is 0 Å². The molecule has 2 N–H and O–H groups in total. The number of hydrogen-bond donors (Lipinski definition) is 2. The van der Waals surface area contributed by atoms with Crippen LogP contribution in [-0.2, 0) is 22.6 Å². The molecule has 0 saturated carbocycles. The molecule has 0 bridgehead atoms. The average Bonchev–Trinajstić information content (AvgIpc) is 2.74. The standard InChI is InChI=1S/C21H35N5O2.HI/c1-2-22-21(23-7-8-25-9-13-27-14-10-25)24-17-19-3-5-20(6-4-19)18-26-11-15-28-16-12-26;/h3-6H,2,7-18H2,1H3,(H2,22,23,24);1H. The third-order valence-electron chi connectivity index (χ3n) is 5.12. The number of nitrogens with zero attached hydrogens (tertiary/aromatic N) is 3. The van der Waals surface area contributed by atoms with E-state index in [1.165, 1.54) is 11.1 Å². The Morgan fingerprint density at radius 2 is 1.48 bits per heavy atom. The van der Waals surface area contributed by atoms with Gasteiger partial charge in [-0.2, -0.15) is 0 Å². The van der Waals surface area contributed by atoms with Crippen LogP contribution in [0.1, 0.15) is 18.1 Å². The highest BCUT2D eigenvalue weighted by Crippen LogP contribution is 2.10. The molecule has 0 atom stereocenters. The van der Waals surface area contributed by atoms with E-state index in [-0.39, 0.29) is 24.0 Å². The molecule has 2 fully saturated rings. The third kappa shape index (κ3) is 9.17. The van der Waals surface area contributed by atoms with Crippen molar-refractivity contribution in [2.24, 2.45) is 4.99 Å². The minimum Gasteiger partial charge on any atom is -0.379 e. The molecule has 2 aliphatic rings. The molecule has 2 saturated heterocycles. The smallest absolute Gasteiger partial charge is 0.191 e. The van der Waals surface area contributed by atoms with Crippen LogP contribution in [0.5, 0.6) is 0 Å². The summed E-state index contributed by atoms with van der Waals surface area (Å²) in [6.45, 7) is 14.0. The summed E-state index contributed by atoms with van der Waals surface area (Å²) < 4.78 is 10.8. The van der Waals surface area contributed by atoms with Crippen LogP contribution in [0, 0.1) is 0 Å². The Labute approximate surface area is 192 Å². The van der Waals surface area contributed by atoms with Gasteiger partial charge in [-0.25, -0.2) is 4.99 Å². The van der Waals surface area contributed by atoms with E-state index >= 15 is 0 Å². The second kappa shape index (κ2) is 14.1. The Morgan fingerprint density at radius 3 is 2.10 bits per heavy atom. The predicted octanol–water partition coefficient (Wildman–Crippen LogP) is 1.52. The SMILES string of the molecule is CCNC(=NCc1ccc(CN2CCOCC2)cc1)NCCN1CCOCC1.I. The minimum atomic E-state index is 0. The zero-order valence-electron chi connectivity index (χ0n) is 17.6. The van der Waals surface area contributed by atoms with Gasteiger partial charge in [-0.15, -0.1) is 24.0 Å². The molecule has 3 rings (SSSR count). The van der Waals surface area contributed by atoms with Crippen LogP contribution in [0.15, 0.2) is 29.3 Å². The summed E-state index contributed by atoms with van der Waals surface area (Å²) in [5.74, 6) is 0.883. The van der Waals surface area contributed by atoms with Gasteiger partial charge in [-0.3, -0.25) is 9.80 Å². The molecule has 164 valence electrons. The molecule has 8 heteroatoms. The van der Waals surface area contributed by atoms with E-state index in [0.29, 0.717) is 6.54 Å². The minimum absolute atomic E-state index is 0. The van der Waals surface area contributed by atoms with Crippen LogP contribution >= 0.6 is 24.0 Å². The Bertz CT molecular complexity index is 587. The number of benzene rings is 1. The van der Waals surface area contributed by atoms with Gasteiger partial charge < -0.3 is 20.1 Å². The van der Waals surface area contributed by atoms with Gasteiger partial charge in [-0.05, 0) is 18.1 Å². The molecule has 0 unspecified atom stereocenters. The summed E-state index contributed by atoms with van der Waals surface area (Å²) in [7, 11) is 0. The summed E-state index contributed by atoms with van der Waals surface area (Å²) in [5.41, 5.74) is 2.58. The van der Waals surface area contributed by atoms with Crippen molar-refractivity contribution in [1.29, 1.82) is 0 Å². The molecule has 0 aliphatic carbocycles. The summed E-state index contributed by atoms with van der Waals surface area (Å²) in [5, 5.41) is 6.78. The lowest BCUT2D eigenvalue weighted by Gasteiger charge is -2.26. The zero-order chi connectivity index (χ0) is 19.4. The van der Waals surface area contributed by atoms with Gasteiger partial charge in [0.2, 0.25) is 0 Å². The van der Waals surface area contributed by atoms with E-state index in [1.807, 2.05) is 0 Å². The Hall–Kier alpha value is -0.940. The summed E-state index contributed by atoms with van der Waals surface area (Å²) in [6, 6.07) is 8.82. The lowest BCUT2D eigenvalue weighted by atomic mass is 10.1. The Kier molecular flexibility index (Phi) is 11.9. The first-order valence-electron chi connectivity index (χ1n) is 10.5. The van der Waals surface area contributed by atoms with Crippen LogP contribution in [0.3, 0.4) is 0 Å². The number of halogens is 1. The van der Waals surface area contributed by atoms with Gasteiger partial charge in [-0.1, -0.05) is 24.3 Å². The quantitative estimate of drug-likeness (QED) is 0.310. The van der Waals surface area contributed by atoms with E-state index in [1.54, 1.807) is 0 Å². The number of guanidine groups is 1. The number of rotatable bonds is 8. The Balaban J connectivity index is 0.00000300. The molecule has 0 amide bonds. The lowest BCUT2D eigenvalue weighted by Crippen LogP contribution is -2.44. The second-order valence-electron chi connectivity index (χ2n) is 7.28. The highest BCUT2D eigenvalue weighted by Gasteiger charge is 2.11. The maximum absolute atomic E-state index is 5.42. The van der Waals surface area contributed by atoms with Crippen molar-refractivity contribution in [2.75, 3.05) is 72.2 Å². The molecule has 7 nitrogen and oxygen atoms in total. The monoisotopic (exact) mass is 517 g/mol. The van der Waals surface area contributed by atoms with Crippen LogP contribution in [0.2, 0.25) is 0 Å². The summed E-state index contributed by atoms with van der Waals surface area (Å²) >= 11 is 0. The van der Waals surface area contributed by atoms with Crippen molar-refractivity contribution < 1.29 is 9.47 Å². The molecule has 0 radical (unpaired) electrons. The number of nitrogens with one attached hydrogen (secondary N) is 2. The molecule has 0 spiro atoms. The third-order valence-corrected chi connectivity index (χ3v) is 5.12. The molecule has 29 heavy (non-hydrogen) atoms. The van der Waals surface area contributed by atoms with Crippen LogP contribution in [0.25, 0.3) is 0 Å². The molecule has 1 aromatic rings. The van der Waals surface area contributed by atoms with E-state index in [2.05, 4.69) is 51.6 Å². The second-order valence-corrected chi connectivity index (χ2v) is 7.28. The van der Waals surface area contributed by atoms with Crippen molar-refractivity contribution >= 4 is 29.9 Å². The Morgan fingerprint density at radius 1 is 0.897 bits per heavy atom. The first kappa shape index (κ1) is 24.3. The lowest BCUT2D eigenvalue weighted by molar-refractivity contribution is 0.0342. The fourth-order valence-electron chi connectivity index (χ4n) is 3.44. The predicted molar refractivity (Wildman–Crippen MR) is 128 cm³/mol. The van der Waals surface area contributed by atoms with Crippen molar-refractivity contribution in [3.8, 4) is 0 Å². The largest absolute Gasteiger partial charge is 0.379 e. The van der Waals surface area contributed by atoms with E-state index in [0.717, 1.165) is 84.7 Å². The maximum atomic E-state index is 5.42. The maximum Gasteiger partial charge on any atom is 0.191 e. The molecule has 1 aromatic carbocycles. The van der Waals surface area contributed by atoms with Gasteiger partial charge >= 0.3 is 0 Å². The van der Waals surface area contributed by atoms with E-state index in [9.17, 15) is 0 Å². The molecule has 0 aromatic heterocycles. The fraction of sp³-hybridized carbons (Fsp3) is 0.667. The van der Waals surface area contributed by atoms with Crippen molar-refractivity contribution in [3.63, 3.8) is 0 Å². The first-order chi connectivity index (χ1) is 13.8. The molecule has 2 heterocycles. The highest BCUT2D eigenvalue weighted by molar-refractivity contribution is 14.0. The van der Waals surface area contributed by atoms with Gasteiger partial charge in [0.25, 0.3) is 0 Å². The van der Waals surface area contributed by atoms with E-state index in [4.69, 9.17) is 14.5 Å². The van der Waals surface area contributed by atoms with Gasteiger partial charge in [0.05, 0.1) is 33.0 Å². The normalized spacial score (nSPS) is 18.9. The topological polar surface area (TPSA) is 61.4 Å². The number of morpholine rings is 2. The molecule has 2 aliphatic heterocycles. The number of ether oxygens (including phenoxy) is 2. The molecular weight excluding hydrogens is 481 g/mol. The van der Waals surface area contributed by atoms with Crippen molar-refractivity contribution in [2.45, 2.75) is 20.0 Å². The average molecular weight is 517 g/mol. The number of aliphatic imine (C=N–C) groups is 1. The molecular formula is C21H36IN5O2. The fourth-order valence-corrected chi connectivity index (χ4v) is 3.44. The number of hydrogen-bond acceptors (Lipinski definition) is 5. The van der Waals surface area contributed by atoms with E-state index < -0.39 is 0 Å². The zero-order valence-corrected chi connectivity index (χ0v) is 19.9. The summed E-state index contributed by atoms with van der Waals surface area (Å²) in [6.07, 6.45) is 0. The highest BCUT2D eigenvalue weighted by atomic mass is 127. The summed E-state index contributed by atoms with van der Waals surface area (Å²) in [4.78, 5) is 9.60. The first-order valence-corrected chi connectivity index (χ1v) is 10.5. The van der Waals surface area contributed by atoms with Crippen molar-refractivity contribution in [3.05, 3.63) is 35.4 Å².